The molecule has 0 radical (unpaired) electrons. The van der Waals surface area contributed by atoms with Crippen LogP contribution in [0, 0.1) is 6.92 Å². The number of nitrogens with one attached hydrogen (secondary N) is 1. The normalized spacial score (nSPS) is 15.2. The van der Waals surface area contributed by atoms with Gasteiger partial charge in [0.15, 0.2) is 5.82 Å². The molecule has 1 saturated heterocycles. The zero-order valence-corrected chi connectivity index (χ0v) is 17.1. The highest BCUT2D eigenvalue weighted by Crippen LogP contribution is 2.23. The van der Waals surface area contributed by atoms with Crippen LogP contribution in [0.25, 0.3) is 11.4 Å². The second-order valence-corrected chi connectivity index (χ2v) is 7.63. The summed E-state index contributed by atoms with van der Waals surface area (Å²) in [5.74, 6) is 2.49. The monoisotopic (exact) mass is 388 g/mol. The van der Waals surface area contributed by atoms with Crippen LogP contribution < -0.4 is 10.1 Å². The summed E-state index contributed by atoms with van der Waals surface area (Å²) in [5, 5.41) is 3.64. The Morgan fingerprint density at radius 1 is 1.00 bits per heavy atom. The molecule has 1 aromatic heterocycles. The topological polar surface area (TPSA) is 50.3 Å². The van der Waals surface area contributed by atoms with Crippen molar-refractivity contribution in [3.8, 4) is 17.1 Å². The van der Waals surface area contributed by atoms with Gasteiger partial charge in [0.25, 0.3) is 0 Å². The molecule has 150 valence electrons. The quantitative estimate of drug-likeness (QED) is 0.672. The van der Waals surface area contributed by atoms with Crippen LogP contribution in [0.4, 0.5) is 5.82 Å². The second kappa shape index (κ2) is 9.05. The molecule has 1 aliphatic heterocycles. The van der Waals surface area contributed by atoms with E-state index < -0.39 is 0 Å². The summed E-state index contributed by atoms with van der Waals surface area (Å²) in [6.07, 6.45) is 2.24. The number of methoxy groups -OCH3 is 1. The average molecular weight is 389 g/mol. The highest BCUT2D eigenvalue weighted by atomic mass is 16.5. The molecule has 2 heterocycles. The molecule has 5 heteroatoms. The van der Waals surface area contributed by atoms with Gasteiger partial charge in [-0.05, 0) is 49.6 Å². The van der Waals surface area contributed by atoms with Gasteiger partial charge in [0.1, 0.15) is 11.6 Å². The number of nitrogens with zero attached hydrogens (tertiary/aromatic N) is 3. The smallest absolute Gasteiger partial charge is 0.161 e. The highest BCUT2D eigenvalue weighted by Gasteiger charge is 2.20. The van der Waals surface area contributed by atoms with Gasteiger partial charge in [-0.2, -0.15) is 0 Å². The summed E-state index contributed by atoms with van der Waals surface area (Å²) in [5.41, 5.74) is 3.35. The fourth-order valence-electron chi connectivity index (χ4n) is 3.80. The van der Waals surface area contributed by atoms with Gasteiger partial charge >= 0.3 is 0 Å². The molecule has 4 rings (SSSR count). The molecule has 0 aliphatic carbocycles. The molecule has 0 atom stereocenters. The van der Waals surface area contributed by atoms with Gasteiger partial charge in [-0.25, -0.2) is 9.97 Å². The van der Waals surface area contributed by atoms with E-state index in [0.29, 0.717) is 6.04 Å². The molecule has 3 aromatic rings. The second-order valence-electron chi connectivity index (χ2n) is 7.63. The molecule has 0 amide bonds. The molecule has 1 N–H and O–H groups in total. The summed E-state index contributed by atoms with van der Waals surface area (Å²) in [7, 11) is 1.67. The van der Waals surface area contributed by atoms with Crippen molar-refractivity contribution in [2.24, 2.45) is 0 Å². The zero-order chi connectivity index (χ0) is 20.1. The molecule has 0 saturated carbocycles. The molecular weight excluding hydrogens is 360 g/mol. The fourth-order valence-corrected chi connectivity index (χ4v) is 3.80. The van der Waals surface area contributed by atoms with Crippen LogP contribution >= 0.6 is 0 Å². The van der Waals surface area contributed by atoms with Crippen LogP contribution in [-0.4, -0.2) is 41.1 Å². The molecule has 0 unspecified atom stereocenters. The number of hydrogen-bond acceptors (Lipinski definition) is 5. The molecule has 0 spiro atoms. The van der Waals surface area contributed by atoms with Crippen molar-refractivity contribution < 1.29 is 4.74 Å². The fraction of sp³-hybridized carbons (Fsp3) is 0.333. The van der Waals surface area contributed by atoms with E-state index in [4.69, 9.17) is 9.72 Å². The molecule has 1 aliphatic rings. The minimum absolute atomic E-state index is 0.444. The number of hydrogen-bond donors (Lipinski definition) is 1. The standard InChI is InChI=1S/C24H28N4O/c1-18-16-23(27-24(25-18)20-8-10-22(29-2)11-9-20)26-21-12-14-28(15-13-21)17-19-6-4-3-5-7-19/h3-11,16,21H,12-15,17H2,1-2H3,(H,25,26,27). The Hall–Kier alpha value is -2.92. The molecule has 0 bridgehead atoms. The lowest BCUT2D eigenvalue weighted by Gasteiger charge is -2.32. The van der Waals surface area contributed by atoms with Crippen LogP contribution in [0.5, 0.6) is 5.75 Å². The Balaban J connectivity index is 1.38. The van der Waals surface area contributed by atoms with Gasteiger partial charge in [-0.1, -0.05) is 30.3 Å². The third-order valence-corrected chi connectivity index (χ3v) is 5.39. The zero-order valence-electron chi connectivity index (χ0n) is 17.1. The van der Waals surface area contributed by atoms with Gasteiger partial charge in [-0.3, -0.25) is 4.90 Å². The van der Waals surface area contributed by atoms with Crippen LogP contribution in [0.3, 0.4) is 0 Å². The lowest BCUT2D eigenvalue weighted by molar-refractivity contribution is 0.211. The van der Waals surface area contributed by atoms with E-state index in [9.17, 15) is 0 Å². The van der Waals surface area contributed by atoms with Crippen LogP contribution in [0.15, 0.2) is 60.7 Å². The maximum atomic E-state index is 5.24. The first-order valence-electron chi connectivity index (χ1n) is 10.2. The van der Waals surface area contributed by atoms with E-state index in [2.05, 4.69) is 45.5 Å². The minimum Gasteiger partial charge on any atom is -0.497 e. The SMILES string of the molecule is COc1ccc(-c2nc(C)cc(NC3CCN(Cc4ccccc4)CC3)n2)cc1. The predicted octanol–water partition coefficient (Wildman–Crippen LogP) is 4.54. The minimum atomic E-state index is 0.444. The first-order valence-corrected chi connectivity index (χ1v) is 10.2. The summed E-state index contributed by atoms with van der Waals surface area (Å²) in [4.78, 5) is 11.9. The van der Waals surface area contributed by atoms with Gasteiger partial charge in [0.2, 0.25) is 0 Å². The molecular formula is C24H28N4O. The third kappa shape index (κ3) is 5.12. The van der Waals surface area contributed by atoms with Crippen molar-refractivity contribution >= 4 is 5.82 Å². The van der Waals surface area contributed by atoms with Gasteiger partial charge < -0.3 is 10.1 Å². The third-order valence-electron chi connectivity index (χ3n) is 5.39. The van der Waals surface area contributed by atoms with E-state index in [0.717, 1.165) is 61.1 Å². The predicted molar refractivity (Wildman–Crippen MR) is 117 cm³/mol. The van der Waals surface area contributed by atoms with Crippen LogP contribution in [0.1, 0.15) is 24.1 Å². The number of anilines is 1. The number of ether oxygens (including phenoxy) is 1. The maximum Gasteiger partial charge on any atom is 0.161 e. The van der Waals surface area contributed by atoms with Crippen molar-refractivity contribution in [2.45, 2.75) is 32.4 Å². The summed E-state index contributed by atoms with van der Waals surface area (Å²) >= 11 is 0. The van der Waals surface area contributed by atoms with Gasteiger partial charge in [0, 0.05) is 43.0 Å². The Labute approximate surface area is 172 Å². The molecule has 2 aromatic carbocycles. The van der Waals surface area contributed by atoms with E-state index in [-0.39, 0.29) is 0 Å². The first-order chi connectivity index (χ1) is 14.2. The van der Waals surface area contributed by atoms with E-state index in [1.165, 1.54) is 5.56 Å². The number of rotatable bonds is 6. The Morgan fingerprint density at radius 2 is 1.72 bits per heavy atom. The number of aryl methyl sites for hydroxylation is 1. The lowest BCUT2D eigenvalue weighted by atomic mass is 10.0. The molecule has 1 fully saturated rings. The average Bonchev–Trinajstić information content (AvgIpc) is 2.75. The van der Waals surface area contributed by atoms with Crippen LogP contribution in [0.2, 0.25) is 0 Å². The van der Waals surface area contributed by atoms with Crippen molar-refractivity contribution in [3.05, 3.63) is 71.9 Å². The number of benzene rings is 2. The van der Waals surface area contributed by atoms with Crippen molar-refractivity contribution in [3.63, 3.8) is 0 Å². The van der Waals surface area contributed by atoms with Crippen LogP contribution in [-0.2, 0) is 6.54 Å². The number of likely N-dealkylation sites (tertiary alicyclic amines) is 1. The number of aromatic nitrogens is 2. The van der Waals surface area contributed by atoms with Crippen molar-refractivity contribution in [1.82, 2.24) is 14.9 Å². The van der Waals surface area contributed by atoms with Crippen molar-refractivity contribution in [1.29, 1.82) is 0 Å². The van der Waals surface area contributed by atoms with Crippen molar-refractivity contribution in [2.75, 3.05) is 25.5 Å². The Morgan fingerprint density at radius 3 is 2.41 bits per heavy atom. The summed E-state index contributed by atoms with van der Waals surface area (Å²) in [6, 6.07) is 21.1. The van der Waals surface area contributed by atoms with E-state index >= 15 is 0 Å². The summed E-state index contributed by atoms with van der Waals surface area (Å²) in [6.45, 7) is 5.24. The number of piperidine rings is 1. The molecule has 5 nitrogen and oxygen atoms in total. The maximum absolute atomic E-state index is 5.24. The molecule has 29 heavy (non-hydrogen) atoms. The summed E-state index contributed by atoms with van der Waals surface area (Å²) < 4.78 is 5.24. The van der Waals surface area contributed by atoms with E-state index in [1.54, 1.807) is 7.11 Å². The van der Waals surface area contributed by atoms with E-state index in [1.807, 2.05) is 37.3 Å². The lowest BCUT2D eigenvalue weighted by Crippen LogP contribution is -2.38. The van der Waals surface area contributed by atoms with Gasteiger partial charge in [-0.15, -0.1) is 0 Å². The largest absolute Gasteiger partial charge is 0.497 e. The highest BCUT2D eigenvalue weighted by molar-refractivity contribution is 5.58. The first kappa shape index (κ1) is 19.4. The van der Waals surface area contributed by atoms with Gasteiger partial charge in [0.05, 0.1) is 7.11 Å². The Kier molecular flexibility index (Phi) is 6.06. The Bertz CT molecular complexity index is 919.